The molecule has 0 aromatic heterocycles. The quantitative estimate of drug-likeness (QED) is 0.236. The van der Waals surface area contributed by atoms with E-state index in [1.165, 1.54) is 0 Å². The van der Waals surface area contributed by atoms with E-state index in [1.807, 2.05) is 79.7 Å². The number of benzene rings is 4. The van der Waals surface area contributed by atoms with Crippen LogP contribution in [0.15, 0.2) is 97.1 Å². The van der Waals surface area contributed by atoms with E-state index in [0.717, 1.165) is 22.1 Å². The molecule has 4 rings (SSSR count). The second-order valence-electron chi connectivity index (χ2n) is 8.90. The van der Waals surface area contributed by atoms with Crippen molar-refractivity contribution in [3.05, 3.63) is 103 Å². The van der Waals surface area contributed by atoms with Gasteiger partial charge in [-0.1, -0.05) is 60.7 Å². The maximum Gasteiger partial charge on any atom is 0.306 e. The molecule has 0 radical (unpaired) electrons. The molecule has 0 spiro atoms. The van der Waals surface area contributed by atoms with Gasteiger partial charge in [-0.25, -0.2) is 0 Å². The molecule has 0 fully saturated rings. The lowest BCUT2D eigenvalue weighted by Gasteiger charge is -2.14. The lowest BCUT2D eigenvalue weighted by Crippen LogP contribution is -2.31. The average molecular weight is 511 g/mol. The van der Waals surface area contributed by atoms with Crippen LogP contribution in [0.4, 0.5) is 5.69 Å². The third-order valence-electron chi connectivity index (χ3n) is 5.92. The highest BCUT2D eigenvalue weighted by Gasteiger charge is 2.12. The Bertz CT molecular complexity index is 1390. The van der Waals surface area contributed by atoms with Gasteiger partial charge in [-0.2, -0.15) is 0 Å². The summed E-state index contributed by atoms with van der Waals surface area (Å²) >= 11 is 0. The first-order valence-electron chi connectivity index (χ1n) is 12.5. The number of ether oxygens (including phenoxy) is 2. The first-order chi connectivity index (χ1) is 18.5. The van der Waals surface area contributed by atoms with E-state index < -0.39 is 5.97 Å². The molecule has 1 atom stereocenters. The number of anilines is 1. The molecular weight excluding hydrogens is 480 g/mol. The Morgan fingerprint density at radius 1 is 0.737 bits per heavy atom. The van der Waals surface area contributed by atoms with Crippen LogP contribution in [-0.2, 0) is 19.1 Å². The number of fused-ring (bicyclic) bond motifs is 1. The predicted molar refractivity (Wildman–Crippen MR) is 147 cm³/mol. The second kappa shape index (κ2) is 13.1. The molecule has 0 aliphatic carbocycles. The fraction of sp³-hybridized carbons (Fsp3) is 0.194. The fourth-order valence-electron chi connectivity index (χ4n) is 3.92. The lowest BCUT2D eigenvalue weighted by atomic mass is 10.1. The number of hydrogen-bond donors (Lipinski definition) is 2. The van der Waals surface area contributed by atoms with Gasteiger partial charge >= 0.3 is 5.97 Å². The maximum atomic E-state index is 12.3. The molecular formula is C31H30N2O5. The summed E-state index contributed by atoms with van der Waals surface area (Å²) in [6.07, 6.45) is 0.519. The Kier molecular flexibility index (Phi) is 9.07. The van der Waals surface area contributed by atoms with Crippen molar-refractivity contribution in [3.8, 4) is 11.5 Å². The van der Waals surface area contributed by atoms with Crippen molar-refractivity contribution in [1.82, 2.24) is 5.32 Å². The number of rotatable bonds is 11. The van der Waals surface area contributed by atoms with E-state index >= 15 is 0 Å². The third-order valence-corrected chi connectivity index (χ3v) is 5.92. The van der Waals surface area contributed by atoms with Crippen molar-refractivity contribution in [2.75, 3.05) is 11.9 Å². The first-order valence-corrected chi connectivity index (χ1v) is 12.5. The third kappa shape index (κ3) is 7.93. The standard InChI is InChI=1S/C31H30N2O5/c1-22(23-8-3-2-4-9-23)32-30(35)21-37-31(36)13-7-12-29(34)33-26-15-18-27(19-16-26)38-28-17-14-24-10-5-6-11-25(24)20-28/h2-6,8-11,14-20,22H,7,12-13,21H2,1H3,(H,32,35)(H,33,34)/t22-/m1/s1. The van der Waals surface area contributed by atoms with E-state index in [-0.39, 0.29) is 37.3 Å². The monoisotopic (exact) mass is 510 g/mol. The van der Waals surface area contributed by atoms with Crippen molar-refractivity contribution >= 4 is 34.2 Å². The van der Waals surface area contributed by atoms with Crippen LogP contribution in [0.2, 0.25) is 0 Å². The summed E-state index contributed by atoms with van der Waals surface area (Å²) < 4.78 is 11.0. The van der Waals surface area contributed by atoms with E-state index in [1.54, 1.807) is 24.3 Å². The highest BCUT2D eigenvalue weighted by molar-refractivity contribution is 5.91. The number of nitrogens with one attached hydrogen (secondary N) is 2. The van der Waals surface area contributed by atoms with Crippen LogP contribution in [0.5, 0.6) is 11.5 Å². The summed E-state index contributed by atoms with van der Waals surface area (Å²) in [4.78, 5) is 36.2. The summed E-state index contributed by atoms with van der Waals surface area (Å²) in [6, 6.07) is 30.4. The Labute approximate surface area is 221 Å². The second-order valence-corrected chi connectivity index (χ2v) is 8.90. The summed E-state index contributed by atoms with van der Waals surface area (Å²) in [7, 11) is 0. The van der Waals surface area contributed by atoms with Crippen LogP contribution in [0.1, 0.15) is 37.8 Å². The van der Waals surface area contributed by atoms with Gasteiger partial charge in [-0.3, -0.25) is 14.4 Å². The average Bonchev–Trinajstić information content (AvgIpc) is 2.93. The summed E-state index contributed by atoms with van der Waals surface area (Å²) in [5.74, 6) is 0.283. The van der Waals surface area contributed by atoms with Gasteiger partial charge < -0.3 is 20.1 Å². The number of carbonyl (C=O) groups is 3. The fourth-order valence-corrected chi connectivity index (χ4v) is 3.92. The molecule has 4 aromatic carbocycles. The Morgan fingerprint density at radius 2 is 1.42 bits per heavy atom. The minimum Gasteiger partial charge on any atom is -0.457 e. The molecule has 194 valence electrons. The number of carbonyl (C=O) groups excluding carboxylic acids is 3. The molecule has 4 aromatic rings. The highest BCUT2D eigenvalue weighted by atomic mass is 16.5. The largest absolute Gasteiger partial charge is 0.457 e. The summed E-state index contributed by atoms with van der Waals surface area (Å²) in [5, 5.41) is 7.84. The van der Waals surface area contributed by atoms with Gasteiger partial charge in [-0.05, 0) is 66.1 Å². The molecule has 2 N–H and O–H groups in total. The predicted octanol–water partition coefficient (Wildman–Crippen LogP) is 6.16. The van der Waals surface area contributed by atoms with Crippen LogP contribution >= 0.6 is 0 Å². The molecule has 0 unspecified atom stereocenters. The van der Waals surface area contributed by atoms with Crippen LogP contribution < -0.4 is 15.4 Å². The smallest absolute Gasteiger partial charge is 0.306 e. The zero-order valence-corrected chi connectivity index (χ0v) is 21.2. The molecule has 0 heterocycles. The molecule has 0 aliphatic heterocycles. The van der Waals surface area contributed by atoms with Crippen LogP contribution in [0.3, 0.4) is 0 Å². The van der Waals surface area contributed by atoms with Gasteiger partial charge in [-0.15, -0.1) is 0 Å². The van der Waals surface area contributed by atoms with Gasteiger partial charge in [0.25, 0.3) is 5.91 Å². The topological polar surface area (TPSA) is 93.7 Å². The molecule has 0 bridgehead atoms. The maximum absolute atomic E-state index is 12.3. The van der Waals surface area contributed by atoms with Crippen molar-refractivity contribution in [2.45, 2.75) is 32.2 Å². The van der Waals surface area contributed by atoms with Crippen molar-refractivity contribution in [1.29, 1.82) is 0 Å². The Hall–Kier alpha value is -4.65. The minimum absolute atomic E-state index is 0.0491. The van der Waals surface area contributed by atoms with E-state index in [9.17, 15) is 14.4 Å². The zero-order chi connectivity index (χ0) is 26.7. The van der Waals surface area contributed by atoms with Gasteiger partial charge in [0, 0.05) is 18.5 Å². The Morgan fingerprint density at radius 3 is 2.18 bits per heavy atom. The number of esters is 1. The molecule has 0 saturated carbocycles. The SMILES string of the molecule is C[C@@H](NC(=O)COC(=O)CCCC(=O)Nc1ccc(Oc2ccc3ccccc3c2)cc1)c1ccccc1. The van der Waals surface area contributed by atoms with E-state index in [2.05, 4.69) is 10.6 Å². The molecule has 0 aliphatic rings. The molecule has 0 saturated heterocycles. The van der Waals surface area contributed by atoms with Gasteiger partial charge in [0.2, 0.25) is 5.91 Å². The van der Waals surface area contributed by atoms with Crippen LogP contribution in [-0.4, -0.2) is 24.4 Å². The van der Waals surface area contributed by atoms with Crippen molar-refractivity contribution < 1.29 is 23.9 Å². The summed E-state index contributed by atoms with van der Waals surface area (Å²) in [6.45, 7) is 1.51. The summed E-state index contributed by atoms with van der Waals surface area (Å²) in [5.41, 5.74) is 1.60. The molecule has 7 nitrogen and oxygen atoms in total. The highest BCUT2D eigenvalue weighted by Crippen LogP contribution is 2.26. The minimum atomic E-state index is -0.518. The van der Waals surface area contributed by atoms with E-state index in [4.69, 9.17) is 9.47 Å². The van der Waals surface area contributed by atoms with Crippen LogP contribution in [0.25, 0.3) is 10.8 Å². The normalized spacial score (nSPS) is 11.4. The molecule has 38 heavy (non-hydrogen) atoms. The molecule has 2 amide bonds. The van der Waals surface area contributed by atoms with E-state index in [0.29, 0.717) is 17.9 Å². The van der Waals surface area contributed by atoms with Gasteiger partial charge in [0.1, 0.15) is 11.5 Å². The zero-order valence-electron chi connectivity index (χ0n) is 21.2. The van der Waals surface area contributed by atoms with Gasteiger partial charge in [0.05, 0.1) is 6.04 Å². The Balaban J connectivity index is 1.13. The first kappa shape index (κ1) is 26.4. The lowest BCUT2D eigenvalue weighted by molar-refractivity contribution is -0.148. The molecule has 7 heteroatoms. The number of hydrogen-bond acceptors (Lipinski definition) is 5. The van der Waals surface area contributed by atoms with Crippen LogP contribution in [0, 0.1) is 0 Å². The van der Waals surface area contributed by atoms with Crippen molar-refractivity contribution in [3.63, 3.8) is 0 Å². The van der Waals surface area contributed by atoms with Crippen molar-refractivity contribution in [2.24, 2.45) is 0 Å². The number of amides is 2. The van der Waals surface area contributed by atoms with Gasteiger partial charge in [0.15, 0.2) is 6.61 Å².